The van der Waals surface area contributed by atoms with E-state index >= 15 is 0 Å². The quantitative estimate of drug-likeness (QED) is 0.853. The predicted octanol–water partition coefficient (Wildman–Crippen LogP) is 2.97. The third kappa shape index (κ3) is 2.06. The van der Waals surface area contributed by atoms with E-state index in [1.807, 2.05) is 16.8 Å². The van der Waals surface area contributed by atoms with E-state index < -0.39 is 0 Å². The van der Waals surface area contributed by atoms with Gasteiger partial charge in [0, 0.05) is 18.2 Å². The van der Waals surface area contributed by atoms with Crippen molar-refractivity contribution in [2.45, 2.75) is 33.4 Å². The zero-order chi connectivity index (χ0) is 13.6. The second-order valence-electron chi connectivity index (χ2n) is 5.28. The molecule has 1 aromatic heterocycles. The molecule has 0 spiro atoms. The van der Waals surface area contributed by atoms with Crippen molar-refractivity contribution in [2.24, 2.45) is 0 Å². The highest BCUT2D eigenvalue weighted by molar-refractivity contribution is 5.62. The fourth-order valence-electron chi connectivity index (χ4n) is 2.69. The Morgan fingerprint density at radius 3 is 2.58 bits per heavy atom. The fourth-order valence-corrected chi connectivity index (χ4v) is 2.69. The summed E-state index contributed by atoms with van der Waals surface area (Å²) in [6.07, 6.45) is 0. The molecule has 3 rings (SSSR count). The Balaban J connectivity index is 2.08. The van der Waals surface area contributed by atoms with Gasteiger partial charge < -0.3 is 5.32 Å². The summed E-state index contributed by atoms with van der Waals surface area (Å²) >= 11 is 0. The molecule has 1 atom stereocenters. The largest absolute Gasteiger partial charge is 0.307 e. The number of hydrogen-bond acceptors (Lipinski definition) is 2. The molecule has 0 aliphatic carbocycles. The first-order chi connectivity index (χ1) is 9.06. The van der Waals surface area contributed by atoms with E-state index in [9.17, 15) is 4.39 Å². The van der Waals surface area contributed by atoms with Crippen LogP contribution in [-0.4, -0.2) is 16.3 Å². The summed E-state index contributed by atoms with van der Waals surface area (Å²) in [4.78, 5) is 0. The molecular weight excluding hydrogens is 241 g/mol. The minimum atomic E-state index is -0.122. The second kappa shape index (κ2) is 4.46. The minimum Gasteiger partial charge on any atom is -0.307 e. The molecule has 2 aromatic rings. The van der Waals surface area contributed by atoms with Crippen LogP contribution in [0.2, 0.25) is 0 Å². The van der Waals surface area contributed by atoms with Crippen LogP contribution in [0.1, 0.15) is 29.8 Å². The zero-order valence-electron chi connectivity index (χ0n) is 11.5. The maximum absolute atomic E-state index is 13.7. The van der Waals surface area contributed by atoms with Crippen molar-refractivity contribution < 1.29 is 4.39 Å². The summed E-state index contributed by atoms with van der Waals surface area (Å²) in [7, 11) is 0. The SMILES string of the molecule is Cc1cc(-c2cc3n(n2)CCNC3C)cc(C)c1F. The van der Waals surface area contributed by atoms with Gasteiger partial charge in [-0.2, -0.15) is 5.10 Å². The van der Waals surface area contributed by atoms with E-state index in [1.54, 1.807) is 13.8 Å². The molecule has 1 aliphatic rings. The van der Waals surface area contributed by atoms with Crippen LogP contribution in [0.25, 0.3) is 11.3 Å². The van der Waals surface area contributed by atoms with Crippen molar-refractivity contribution in [1.29, 1.82) is 0 Å². The van der Waals surface area contributed by atoms with E-state index in [4.69, 9.17) is 0 Å². The summed E-state index contributed by atoms with van der Waals surface area (Å²) in [6.45, 7) is 7.56. The van der Waals surface area contributed by atoms with Crippen LogP contribution in [0.5, 0.6) is 0 Å². The molecule has 0 fully saturated rings. The maximum Gasteiger partial charge on any atom is 0.129 e. The molecule has 0 radical (unpaired) electrons. The van der Waals surface area contributed by atoms with Crippen LogP contribution in [0.15, 0.2) is 18.2 Å². The first-order valence-corrected chi connectivity index (χ1v) is 6.64. The highest BCUT2D eigenvalue weighted by Gasteiger charge is 2.19. The van der Waals surface area contributed by atoms with Gasteiger partial charge >= 0.3 is 0 Å². The lowest BCUT2D eigenvalue weighted by atomic mass is 10.0. The highest BCUT2D eigenvalue weighted by Crippen LogP contribution is 2.27. The van der Waals surface area contributed by atoms with E-state index in [0.29, 0.717) is 17.2 Å². The van der Waals surface area contributed by atoms with Crippen molar-refractivity contribution in [3.05, 3.63) is 40.8 Å². The number of rotatable bonds is 1. The lowest BCUT2D eigenvalue weighted by Crippen LogP contribution is -2.31. The lowest BCUT2D eigenvalue weighted by Gasteiger charge is -2.21. The summed E-state index contributed by atoms with van der Waals surface area (Å²) in [6, 6.07) is 6.16. The zero-order valence-corrected chi connectivity index (χ0v) is 11.5. The van der Waals surface area contributed by atoms with Gasteiger partial charge in [-0.15, -0.1) is 0 Å². The Hall–Kier alpha value is -1.68. The summed E-state index contributed by atoms with van der Waals surface area (Å²) in [5, 5.41) is 8.05. The Morgan fingerprint density at radius 1 is 1.26 bits per heavy atom. The van der Waals surface area contributed by atoms with Crippen LogP contribution in [0.3, 0.4) is 0 Å². The third-order valence-electron chi connectivity index (χ3n) is 3.76. The molecule has 3 nitrogen and oxygen atoms in total. The smallest absolute Gasteiger partial charge is 0.129 e. The van der Waals surface area contributed by atoms with Gasteiger partial charge in [-0.05, 0) is 50.1 Å². The molecule has 1 aliphatic heterocycles. The number of hydrogen-bond donors (Lipinski definition) is 1. The second-order valence-corrected chi connectivity index (χ2v) is 5.28. The van der Waals surface area contributed by atoms with Gasteiger partial charge in [0.2, 0.25) is 0 Å². The van der Waals surface area contributed by atoms with Crippen molar-refractivity contribution in [1.82, 2.24) is 15.1 Å². The molecule has 0 amide bonds. The Bertz CT molecular complexity index is 607. The number of fused-ring (bicyclic) bond motifs is 1. The van der Waals surface area contributed by atoms with E-state index in [0.717, 1.165) is 24.3 Å². The number of aryl methyl sites for hydroxylation is 2. The minimum absolute atomic E-state index is 0.122. The Morgan fingerprint density at radius 2 is 1.95 bits per heavy atom. The van der Waals surface area contributed by atoms with E-state index in [-0.39, 0.29) is 5.82 Å². The Labute approximate surface area is 112 Å². The number of nitrogens with zero attached hydrogens (tertiary/aromatic N) is 2. The van der Waals surface area contributed by atoms with Crippen LogP contribution in [-0.2, 0) is 6.54 Å². The number of halogens is 1. The summed E-state index contributed by atoms with van der Waals surface area (Å²) in [5.41, 5.74) is 4.46. The van der Waals surface area contributed by atoms with E-state index in [2.05, 4.69) is 23.4 Å². The van der Waals surface area contributed by atoms with Gasteiger partial charge in [-0.1, -0.05) is 0 Å². The molecule has 1 unspecified atom stereocenters. The molecule has 1 aromatic carbocycles. The molecule has 1 N–H and O–H groups in total. The van der Waals surface area contributed by atoms with Gasteiger partial charge in [0.25, 0.3) is 0 Å². The average Bonchev–Trinajstić information content (AvgIpc) is 2.81. The van der Waals surface area contributed by atoms with Crippen molar-refractivity contribution in [3.8, 4) is 11.3 Å². The van der Waals surface area contributed by atoms with Gasteiger partial charge in [-0.3, -0.25) is 4.68 Å². The average molecular weight is 259 g/mol. The van der Waals surface area contributed by atoms with Gasteiger partial charge in [0.1, 0.15) is 5.82 Å². The first-order valence-electron chi connectivity index (χ1n) is 6.64. The summed E-state index contributed by atoms with van der Waals surface area (Å²) < 4.78 is 15.7. The normalized spacial score (nSPS) is 18.4. The number of benzene rings is 1. The van der Waals surface area contributed by atoms with Crippen molar-refractivity contribution in [2.75, 3.05) is 6.54 Å². The maximum atomic E-state index is 13.7. The van der Waals surface area contributed by atoms with Crippen LogP contribution in [0.4, 0.5) is 4.39 Å². The van der Waals surface area contributed by atoms with Gasteiger partial charge in [0.05, 0.1) is 17.9 Å². The molecule has 2 heterocycles. The molecule has 19 heavy (non-hydrogen) atoms. The number of aromatic nitrogens is 2. The third-order valence-corrected chi connectivity index (χ3v) is 3.76. The molecule has 0 bridgehead atoms. The predicted molar refractivity (Wildman–Crippen MR) is 73.5 cm³/mol. The first kappa shape index (κ1) is 12.4. The van der Waals surface area contributed by atoms with Crippen molar-refractivity contribution in [3.63, 3.8) is 0 Å². The molecule has 4 heteroatoms. The van der Waals surface area contributed by atoms with Crippen molar-refractivity contribution >= 4 is 0 Å². The molecule has 100 valence electrons. The van der Waals surface area contributed by atoms with Gasteiger partial charge in [-0.25, -0.2) is 4.39 Å². The van der Waals surface area contributed by atoms with Crippen LogP contribution in [0, 0.1) is 19.7 Å². The topological polar surface area (TPSA) is 29.9 Å². The molecule has 0 saturated carbocycles. The number of nitrogens with one attached hydrogen (secondary N) is 1. The molecule has 0 saturated heterocycles. The fraction of sp³-hybridized carbons (Fsp3) is 0.400. The highest BCUT2D eigenvalue weighted by atomic mass is 19.1. The molecular formula is C15H18FN3. The monoisotopic (exact) mass is 259 g/mol. The van der Waals surface area contributed by atoms with E-state index in [1.165, 1.54) is 5.69 Å². The summed E-state index contributed by atoms with van der Waals surface area (Å²) in [5.74, 6) is -0.122. The lowest BCUT2D eigenvalue weighted by molar-refractivity contribution is 0.420. The standard InChI is InChI=1S/C15H18FN3/c1-9-6-12(7-10(2)15(9)16)13-8-14-11(3)17-4-5-19(14)18-13/h6-8,11,17H,4-5H2,1-3H3. The van der Waals surface area contributed by atoms with Gasteiger partial charge in [0.15, 0.2) is 0 Å². The Kier molecular flexibility index (Phi) is 2.90. The van der Waals surface area contributed by atoms with Crippen LogP contribution < -0.4 is 5.32 Å². The van der Waals surface area contributed by atoms with Crippen LogP contribution >= 0.6 is 0 Å².